The molecule has 82 valence electrons. The Morgan fingerprint density at radius 2 is 2.40 bits per heavy atom. The summed E-state index contributed by atoms with van der Waals surface area (Å²) in [6.07, 6.45) is 2.08. The highest BCUT2D eigenvalue weighted by Crippen LogP contribution is 1.94. The molecule has 0 unspecified atom stereocenters. The zero-order valence-corrected chi connectivity index (χ0v) is 8.49. The average molecular weight is 210 g/mol. The molecule has 0 bridgehead atoms. The first kappa shape index (κ1) is 11.5. The monoisotopic (exact) mass is 210 g/mol. The molecule has 3 N–H and O–H groups in total. The third-order valence-electron chi connectivity index (χ3n) is 2.11. The zero-order valence-electron chi connectivity index (χ0n) is 8.49. The molecular weight excluding hydrogens is 196 g/mol. The molecule has 0 aliphatic rings. The maximum atomic E-state index is 11.6. The maximum Gasteiger partial charge on any atom is 0.260 e. The van der Waals surface area contributed by atoms with Crippen LogP contribution in [-0.4, -0.2) is 28.6 Å². The van der Waals surface area contributed by atoms with Crippen LogP contribution >= 0.6 is 0 Å². The number of hydrogen-bond donors (Lipinski definition) is 3. The van der Waals surface area contributed by atoms with E-state index in [0.717, 1.165) is 0 Å². The molecule has 0 spiro atoms. The summed E-state index contributed by atoms with van der Waals surface area (Å²) in [6.45, 7) is 1.71. The van der Waals surface area contributed by atoms with Gasteiger partial charge in [0.2, 0.25) is 0 Å². The molecule has 1 aromatic heterocycles. The lowest BCUT2D eigenvalue weighted by Crippen LogP contribution is -2.39. The number of hydrogen-bond acceptors (Lipinski definition) is 3. The van der Waals surface area contributed by atoms with E-state index in [2.05, 4.69) is 10.3 Å². The number of carbonyl (C=O) groups excluding carboxylic acids is 1. The van der Waals surface area contributed by atoms with Gasteiger partial charge in [-0.1, -0.05) is 6.92 Å². The Kier molecular flexibility index (Phi) is 4.05. The second-order valence-corrected chi connectivity index (χ2v) is 3.17. The van der Waals surface area contributed by atoms with Gasteiger partial charge in [0.05, 0.1) is 12.6 Å². The molecule has 5 heteroatoms. The number of H-pyrrole nitrogens is 1. The SMILES string of the molecule is CC[C@H](CO)NC(=O)c1ccc[nH]c1=O. The lowest BCUT2D eigenvalue weighted by molar-refractivity contribution is 0.0913. The normalized spacial score (nSPS) is 12.1. The van der Waals surface area contributed by atoms with Crippen molar-refractivity contribution in [3.05, 3.63) is 34.2 Å². The summed E-state index contributed by atoms with van der Waals surface area (Å²) in [4.78, 5) is 25.2. The highest BCUT2D eigenvalue weighted by Gasteiger charge is 2.13. The fourth-order valence-corrected chi connectivity index (χ4v) is 1.14. The average Bonchev–Trinajstić information content (AvgIpc) is 2.26. The second kappa shape index (κ2) is 5.31. The number of aliphatic hydroxyl groups is 1. The topological polar surface area (TPSA) is 82.2 Å². The van der Waals surface area contributed by atoms with Crippen LogP contribution in [0.2, 0.25) is 0 Å². The third kappa shape index (κ3) is 2.92. The summed E-state index contributed by atoms with van der Waals surface area (Å²) in [6, 6.07) is 2.71. The van der Waals surface area contributed by atoms with Crippen molar-refractivity contribution < 1.29 is 9.90 Å². The summed E-state index contributed by atoms with van der Waals surface area (Å²) in [5.74, 6) is -0.460. The molecule has 0 aromatic carbocycles. The number of aromatic amines is 1. The maximum absolute atomic E-state index is 11.6. The van der Waals surface area contributed by atoms with Crippen LogP contribution in [-0.2, 0) is 0 Å². The van der Waals surface area contributed by atoms with Crippen LogP contribution in [0.3, 0.4) is 0 Å². The van der Waals surface area contributed by atoms with Gasteiger partial charge in [-0.2, -0.15) is 0 Å². The minimum Gasteiger partial charge on any atom is -0.394 e. The first-order valence-electron chi connectivity index (χ1n) is 4.78. The summed E-state index contributed by atoms with van der Waals surface area (Å²) in [5, 5.41) is 11.5. The van der Waals surface area contributed by atoms with Gasteiger partial charge in [-0.25, -0.2) is 0 Å². The van der Waals surface area contributed by atoms with E-state index in [9.17, 15) is 9.59 Å². The van der Waals surface area contributed by atoms with Gasteiger partial charge >= 0.3 is 0 Å². The highest BCUT2D eigenvalue weighted by atomic mass is 16.3. The van der Waals surface area contributed by atoms with Gasteiger partial charge in [-0.15, -0.1) is 0 Å². The van der Waals surface area contributed by atoms with Crippen LogP contribution < -0.4 is 10.9 Å². The molecule has 1 amide bonds. The zero-order chi connectivity index (χ0) is 11.3. The molecular formula is C10H14N2O3. The molecule has 15 heavy (non-hydrogen) atoms. The molecule has 0 saturated heterocycles. The number of aliphatic hydroxyl groups excluding tert-OH is 1. The fraction of sp³-hybridized carbons (Fsp3) is 0.400. The number of nitrogens with one attached hydrogen (secondary N) is 2. The van der Waals surface area contributed by atoms with Crippen molar-refractivity contribution in [3.8, 4) is 0 Å². The predicted octanol–water partition coefficient (Wildman–Crippen LogP) is -0.124. The summed E-state index contributed by atoms with van der Waals surface area (Å²) in [5.41, 5.74) is -0.368. The number of carbonyl (C=O) groups is 1. The third-order valence-corrected chi connectivity index (χ3v) is 2.11. The Balaban J connectivity index is 2.78. The lowest BCUT2D eigenvalue weighted by Gasteiger charge is -2.13. The Morgan fingerprint density at radius 3 is 2.93 bits per heavy atom. The quantitative estimate of drug-likeness (QED) is 0.647. The van der Waals surface area contributed by atoms with Crippen molar-refractivity contribution in [3.63, 3.8) is 0 Å². The standard InChI is InChI=1S/C10H14N2O3/c1-2-7(6-13)12-10(15)8-4-3-5-11-9(8)14/h3-5,7,13H,2,6H2,1H3,(H,11,14)(H,12,15)/t7-/m1/s1. The fourth-order valence-electron chi connectivity index (χ4n) is 1.14. The summed E-state index contributed by atoms with van der Waals surface area (Å²) < 4.78 is 0. The van der Waals surface area contributed by atoms with Crippen molar-refractivity contribution >= 4 is 5.91 Å². The largest absolute Gasteiger partial charge is 0.394 e. The van der Waals surface area contributed by atoms with Crippen molar-refractivity contribution in [1.29, 1.82) is 0 Å². The van der Waals surface area contributed by atoms with Crippen molar-refractivity contribution in [2.24, 2.45) is 0 Å². The van der Waals surface area contributed by atoms with E-state index >= 15 is 0 Å². The van der Waals surface area contributed by atoms with Crippen LogP contribution in [0.15, 0.2) is 23.1 Å². The molecule has 0 saturated carbocycles. The molecule has 1 heterocycles. The van der Waals surface area contributed by atoms with Gasteiger partial charge < -0.3 is 15.4 Å². The van der Waals surface area contributed by atoms with Gasteiger partial charge in [0.1, 0.15) is 5.56 Å². The van der Waals surface area contributed by atoms with Gasteiger partial charge in [-0.05, 0) is 18.6 Å². The van der Waals surface area contributed by atoms with Crippen molar-refractivity contribution in [2.75, 3.05) is 6.61 Å². The van der Waals surface area contributed by atoms with Crippen LogP contribution in [0, 0.1) is 0 Å². The number of aromatic nitrogens is 1. The van der Waals surface area contributed by atoms with Crippen molar-refractivity contribution in [2.45, 2.75) is 19.4 Å². The second-order valence-electron chi connectivity index (χ2n) is 3.17. The van der Waals surface area contributed by atoms with Crippen LogP contribution in [0.1, 0.15) is 23.7 Å². The smallest absolute Gasteiger partial charge is 0.260 e. The minimum atomic E-state index is -0.460. The first-order valence-corrected chi connectivity index (χ1v) is 4.78. The highest BCUT2D eigenvalue weighted by molar-refractivity contribution is 5.93. The minimum absolute atomic E-state index is 0.0596. The van der Waals surface area contributed by atoms with Crippen LogP contribution in [0.4, 0.5) is 0 Å². The molecule has 1 atom stereocenters. The number of amides is 1. The molecule has 0 aliphatic carbocycles. The first-order chi connectivity index (χ1) is 7.19. The Hall–Kier alpha value is -1.62. The number of pyridine rings is 1. The van der Waals surface area contributed by atoms with Gasteiger partial charge in [0, 0.05) is 6.20 Å². The lowest BCUT2D eigenvalue weighted by atomic mass is 10.2. The van der Waals surface area contributed by atoms with E-state index in [1.807, 2.05) is 6.92 Å². The molecule has 1 rings (SSSR count). The van der Waals surface area contributed by atoms with E-state index < -0.39 is 11.5 Å². The molecule has 0 fully saturated rings. The van der Waals surface area contributed by atoms with Gasteiger partial charge in [-0.3, -0.25) is 9.59 Å². The van der Waals surface area contributed by atoms with E-state index in [-0.39, 0.29) is 18.2 Å². The van der Waals surface area contributed by atoms with E-state index in [4.69, 9.17) is 5.11 Å². The van der Waals surface area contributed by atoms with Crippen LogP contribution in [0.5, 0.6) is 0 Å². The van der Waals surface area contributed by atoms with E-state index in [1.54, 1.807) is 6.07 Å². The van der Waals surface area contributed by atoms with Crippen molar-refractivity contribution in [1.82, 2.24) is 10.3 Å². The van der Waals surface area contributed by atoms with E-state index in [0.29, 0.717) is 6.42 Å². The molecule has 5 nitrogen and oxygen atoms in total. The van der Waals surface area contributed by atoms with E-state index in [1.165, 1.54) is 12.3 Å². The Bertz CT molecular complexity index is 382. The Morgan fingerprint density at radius 1 is 1.67 bits per heavy atom. The number of rotatable bonds is 4. The Labute approximate surface area is 87.1 Å². The molecule has 0 radical (unpaired) electrons. The van der Waals surface area contributed by atoms with Gasteiger partial charge in [0.15, 0.2) is 0 Å². The predicted molar refractivity (Wildman–Crippen MR) is 55.7 cm³/mol. The summed E-state index contributed by atoms with van der Waals surface area (Å²) >= 11 is 0. The van der Waals surface area contributed by atoms with Gasteiger partial charge in [0.25, 0.3) is 11.5 Å². The van der Waals surface area contributed by atoms with Crippen LogP contribution in [0.25, 0.3) is 0 Å². The summed E-state index contributed by atoms with van der Waals surface area (Å²) in [7, 11) is 0. The molecule has 0 aliphatic heterocycles. The molecule has 1 aromatic rings.